The lowest BCUT2D eigenvalue weighted by Gasteiger charge is -2.34. The van der Waals surface area contributed by atoms with Crippen LogP contribution >= 0.6 is 22.9 Å². The molecular weight excluding hydrogens is 703 g/mol. The second-order valence-corrected chi connectivity index (χ2v) is 14.8. The number of piperazine rings is 1. The Kier molecular flexibility index (Phi) is 11.6. The summed E-state index contributed by atoms with van der Waals surface area (Å²) in [7, 11) is 3.73. The zero-order chi connectivity index (χ0) is 37.0. The Hall–Kier alpha value is -4.29. The summed E-state index contributed by atoms with van der Waals surface area (Å²) in [4.78, 5) is 29.2. The van der Waals surface area contributed by atoms with Gasteiger partial charge in [-0.2, -0.15) is 0 Å². The number of fused-ring (bicyclic) bond motifs is 1. The summed E-state index contributed by atoms with van der Waals surface area (Å²) in [6.07, 6.45) is 0.298. The number of methoxy groups -OCH3 is 1. The van der Waals surface area contributed by atoms with Crippen molar-refractivity contribution in [2.45, 2.75) is 39.2 Å². The number of esters is 1. The van der Waals surface area contributed by atoms with E-state index in [0.717, 1.165) is 65.4 Å². The van der Waals surface area contributed by atoms with Crippen LogP contribution in [0.3, 0.4) is 0 Å². The Bertz CT molecular complexity index is 2030. The fourth-order valence-corrected chi connectivity index (χ4v) is 7.97. The minimum absolute atomic E-state index is 0.166. The molecule has 1 aliphatic rings. The van der Waals surface area contributed by atoms with Crippen molar-refractivity contribution >= 4 is 39.1 Å². The highest BCUT2D eigenvalue weighted by atomic mass is 35.5. The number of ether oxygens (including phenoxy) is 4. The second kappa shape index (κ2) is 16.2. The van der Waals surface area contributed by atoms with Crippen LogP contribution in [0.5, 0.6) is 17.4 Å². The zero-order valence-corrected chi connectivity index (χ0v) is 31.9. The van der Waals surface area contributed by atoms with Crippen molar-refractivity contribution in [3.8, 4) is 38.9 Å². The van der Waals surface area contributed by atoms with Gasteiger partial charge >= 0.3 is 5.97 Å². The lowest BCUT2D eigenvalue weighted by Crippen LogP contribution is -2.45. The summed E-state index contributed by atoms with van der Waals surface area (Å²) in [5.74, 6) is 0.521. The largest absolute Gasteiger partial charge is 0.496 e. The van der Waals surface area contributed by atoms with Gasteiger partial charge in [-0.1, -0.05) is 61.8 Å². The zero-order valence-electron chi connectivity index (χ0n) is 30.4. The molecule has 3 heterocycles. The van der Waals surface area contributed by atoms with Gasteiger partial charge in [-0.15, -0.1) is 11.3 Å². The van der Waals surface area contributed by atoms with Gasteiger partial charge in [-0.25, -0.2) is 19.2 Å². The Balaban J connectivity index is 1.45. The first kappa shape index (κ1) is 37.5. The fourth-order valence-electron chi connectivity index (χ4n) is 6.59. The Morgan fingerprint density at radius 2 is 1.75 bits per heavy atom. The second-order valence-electron chi connectivity index (χ2n) is 13.4. The van der Waals surface area contributed by atoms with Crippen molar-refractivity contribution in [3.63, 3.8) is 0 Å². The van der Waals surface area contributed by atoms with E-state index in [9.17, 15) is 9.18 Å². The molecule has 9 nitrogen and oxygen atoms in total. The number of hydrogen-bond donors (Lipinski definition) is 0. The SMILES string of the molecule is CCOC(=O)C(Oc1ncnc2sc(-c3ccc(F)cc3)c(-c3ccc(OCCN4CCN(C)CC4)c(Cl)c3C)c12)C(C)(C)c1ccccc1OC. The van der Waals surface area contributed by atoms with Crippen LogP contribution in [0.2, 0.25) is 5.02 Å². The molecule has 1 fully saturated rings. The van der Waals surface area contributed by atoms with Crippen molar-refractivity contribution in [3.05, 3.63) is 89.0 Å². The highest BCUT2D eigenvalue weighted by Crippen LogP contribution is 2.50. The van der Waals surface area contributed by atoms with Gasteiger partial charge in [0.05, 0.1) is 24.1 Å². The van der Waals surface area contributed by atoms with Crippen LogP contribution < -0.4 is 14.2 Å². The third-order valence-corrected chi connectivity index (χ3v) is 11.2. The molecule has 12 heteroatoms. The molecule has 5 aromatic rings. The van der Waals surface area contributed by atoms with Gasteiger partial charge in [0.1, 0.15) is 35.1 Å². The molecule has 0 spiro atoms. The van der Waals surface area contributed by atoms with E-state index < -0.39 is 17.5 Å². The molecule has 1 atom stereocenters. The number of likely N-dealkylation sites (N-methyl/N-ethyl adjacent to an activating group) is 1. The van der Waals surface area contributed by atoms with Gasteiger partial charge in [0.2, 0.25) is 12.0 Å². The smallest absolute Gasteiger partial charge is 0.348 e. The minimum atomic E-state index is -1.12. The quantitative estimate of drug-likeness (QED) is 0.111. The van der Waals surface area contributed by atoms with E-state index in [1.807, 2.05) is 57.2 Å². The maximum atomic E-state index is 14.2. The third kappa shape index (κ3) is 7.73. The van der Waals surface area contributed by atoms with Gasteiger partial charge in [0.15, 0.2) is 0 Å². The van der Waals surface area contributed by atoms with Gasteiger partial charge in [0, 0.05) is 54.1 Å². The monoisotopic (exact) mass is 746 g/mol. The van der Waals surface area contributed by atoms with Crippen molar-refractivity contribution < 1.29 is 28.1 Å². The number of thiophene rings is 1. The van der Waals surface area contributed by atoms with Crippen LogP contribution in [0.1, 0.15) is 31.9 Å². The van der Waals surface area contributed by atoms with Crippen LogP contribution in [0.4, 0.5) is 4.39 Å². The molecule has 1 saturated heterocycles. The van der Waals surface area contributed by atoms with Crippen molar-refractivity contribution in [1.82, 2.24) is 19.8 Å². The number of carbonyl (C=O) groups is 1. The molecule has 274 valence electrons. The number of aromatic nitrogens is 2. The summed E-state index contributed by atoms with van der Waals surface area (Å²) in [5.41, 5.74) is 2.97. The lowest BCUT2D eigenvalue weighted by atomic mass is 9.78. The van der Waals surface area contributed by atoms with E-state index >= 15 is 0 Å². The van der Waals surface area contributed by atoms with E-state index in [1.54, 1.807) is 26.2 Å². The number of hydrogen-bond acceptors (Lipinski definition) is 10. The molecule has 0 aliphatic carbocycles. The molecule has 1 aliphatic heterocycles. The van der Waals surface area contributed by atoms with E-state index in [2.05, 4.69) is 26.8 Å². The fraction of sp³-hybridized carbons (Fsp3) is 0.375. The van der Waals surface area contributed by atoms with Gasteiger partial charge in [-0.05, 0) is 61.9 Å². The number of nitrogens with zero attached hydrogens (tertiary/aromatic N) is 4. The van der Waals surface area contributed by atoms with Crippen LogP contribution in [-0.2, 0) is 14.9 Å². The van der Waals surface area contributed by atoms with E-state index in [0.29, 0.717) is 33.3 Å². The maximum absolute atomic E-state index is 14.2. The number of carbonyl (C=O) groups excluding carboxylic acids is 1. The van der Waals surface area contributed by atoms with Crippen molar-refractivity contribution in [1.29, 1.82) is 0 Å². The Morgan fingerprint density at radius 1 is 1.02 bits per heavy atom. The average Bonchev–Trinajstić information content (AvgIpc) is 3.53. The third-order valence-electron chi connectivity index (χ3n) is 9.63. The number of rotatable bonds is 13. The van der Waals surface area contributed by atoms with Crippen LogP contribution in [0, 0.1) is 12.7 Å². The summed E-state index contributed by atoms with van der Waals surface area (Å²) < 4.78 is 38.3. The van der Waals surface area contributed by atoms with Crippen molar-refractivity contribution in [2.24, 2.45) is 0 Å². The van der Waals surface area contributed by atoms with E-state index in [1.165, 1.54) is 29.8 Å². The first-order chi connectivity index (χ1) is 25.0. The highest BCUT2D eigenvalue weighted by molar-refractivity contribution is 7.22. The molecule has 0 radical (unpaired) electrons. The summed E-state index contributed by atoms with van der Waals surface area (Å²) in [6.45, 7) is 13.1. The van der Waals surface area contributed by atoms with E-state index in [4.69, 9.17) is 30.5 Å². The number of para-hydroxylation sites is 1. The lowest BCUT2D eigenvalue weighted by molar-refractivity contribution is -0.154. The normalized spacial score (nSPS) is 14.7. The van der Waals surface area contributed by atoms with Crippen molar-refractivity contribution in [2.75, 3.05) is 60.1 Å². The molecule has 0 amide bonds. The minimum Gasteiger partial charge on any atom is -0.496 e. The first-order valence-electron chi connectivity index (χ1n) is 17.4. The molecule has 6 rings (SSSR count). The number of halogens is 2. The van der Waals surface area contributed by atoms with E-state index in [-0.39, 0.29) is 18.3 Å². The molecule has 0 saturated carbocycles. The van der Waals surface area contributed by atoms with Crippen LogP contribution in [0.15, 0.2) is 67.0 Å². The topological polar surface area (TPSA) is 86.2 Å². The highest BCUT2D eigenvalue weighted by Gasteiger charge is 2.42. The molecule has 1 unspecified atom stereocenters. The average molecular weight is 747 g/mol. The summed E-state index contributed by atoms with van der Waals surface area (Å²) in [5, 5.41) is 1.08. The van der Waals surface area contributed by atoms with Crippen LogP contribution in [-0.4, -0.2) is 91.9 Å². The molecule has 52 heavy (non-hydrogen) atoms. The standard InChI is InChI=1S/C40H44ClFN4O5S/c1-7-49-39(47)36(40(3,4)29-10-8-9-11-30(29)48-6)51-37-33-32(35(52-38(33)44-24-43-37)26-12-14-27(42)15-13-26)28-16-17-31(34(41)25(28)2)50-23-22-46-20-18-45(5)19-21-46/h8-17,24,36H,7,18-23H2,1-6H3. The van der Waals surface area contributed by atoms with Gasteiger partial charge in [0.25, 0.3) is 0 Å². The first-order valence-corrected chi connectivity index (χ1v) is 18.6. The molecule has 2 aromatic heterocycles. The predicted molar refractivity (Wildman–Crippen MR) is 204 cm³/mol. The van der Waals surface area contributed by atoms with Gasteiger partial charge < -0.3 is 23.8 Å². The molecule has 0 N–H and O–H groups in total. The predicted octanol–water partition coefficient (Wildman–Crippen LogP) is 8.05. The maximum Gasteiger partial charge on any atom is 0.348 e. The van der Waals surface area contributed by atoms with Gasteiger partial charge in [-0.3, -0.25) is 4.90 Å². The summed E-state index contributed by atoms with van der Waals surface area (Å²) in [6, 6.07) is 17.7. The molecular formula is C40H44ClFN4O5S. The van der Waals surface area contributed by atoms with Crippen LogP contribution in [0.25, 0.3) is 31.8 Å². The number of benzene rings is 3. The Morgan fingerprint density at radius 3 is 2.46 bits per heavy atom. The molecule has 3 aromatic carbocycles. The Labute approximate surface area is 313 Å². The summed E-state index contributed by atoms with van der Waals surface area (Å²) >= 11 is 8.48. The molecule has 0 bridgehead atoms.